The molecule has 2 heterocycles. The molecule has 2 N–H and O–H groups in total. The number of aromatic nitrogens is 1. The number of nitrogens with one attached hydrogen (secondary N) is 1. The van der Waals surface area contributed by atoms with Crippen LogP contribution < -0.4 is 5.43 Å². The lowest BCUT2D eigenvalue weighted by atomic mass is 10.2. The van der Waals surface area contributed by atoms with Crippen molar-refractivity contribution in [2.45, 2.75) is 13.8 Å². The van der Waals surface area contributed by atoms with Crippen molar-refractivity contribution in [3.63, 3.8) is 0 Å². The SMILES string of the molecule is Cc1cc(/C=N/NC(=O)c2cc3cc([N+](=O)[O-])ccc3o2)c(C)n1-c1ccc(O)cc1. The topological polar surface area (TPSA) is 123 Å². The van der Waals surface area contributed by atoms with Crippen molar-refractivity contribution >= 4 is 28.8 Å². The van der Waals surface area contributed by atoms with Crippen molar-refractivity contribution in [1.82, 2.24) is 9.99 Å². The third kappa shape index (κ3) is 3.88. The molecule has 9 heteroatoms. The van der Waals surface area contributed by atoms with Crippen LogP contribution in [0.15, 0.2) is 64.1 Å². The summed E-state index contributed by atoms with van der Waals surface area (Å²) in [6, 6.07) is 14.3. The molecule has 156 valence electrons. The van der Waals surface area contributed by atoms with Gasteiger partial charge in [0.1, 0.15) is 11.3 Å². The molecule has 0 atom stereocenters. The fourth-order valence-electron chi connectivity index (χ4n) is 3.39. The highest BCUT2D eigenvalue weighted by atomic mass is 16.6. The molecule has 0 unspecified atom stereocenters. The van der Waals surface area contributed by atoms with Gasteiger partial charge in [-0.3, -0.25) is 14.9 Å². The number of amides is 1. The number of hydrogen-bond donors (Lipinski definition) is 2. The Morgan fingerprint density at radius 1 is 1.16 bits per heavy atom. The quantitative estimate of drug-likeness (QED) is 0.285. The highest BCUT2D eigenvalue weighted by Gasteiger charge is 2.15. The van der Waals surface area contributed by atoms with Gasteiger partial charge in [0.05, 0.1) is 11.1 Å². The molecule has 1 amide bonds. The van der Waals surface area contributed by atoms with E-state index in [1.54, 1.807) is 12.1 Å². The Labute approximate surface area is 176 Å². The molecule has 0 aliphatic carbocycles. The number of aromatic hydroxyl groups is 1. The van der Waals surface area contributed by atoms with Crippen LogP contribution in [0.25, 0.3) is 16.7 Å². The van der Waals surface area contributed by atoms with Gasteiger partial charge in [0.25, 0.3) is 5.69 Å². The number of phenolic OH excluding ortho intramolecular Hbond substituents is 1. The minimum absolute atomic E-state index is 0.00205. The maximum Gasteiger partial charge on any atom is 0.307 e. The number of carbonyl (C=O) groups is 1. The predicted octanol–water partition coefficient (Wildman–Crippen LogP) is 4.22. The normalized spacial score (nSPS) is 11.3. The fourth-order valence-corrected chi connectivity index (χ4v) is 3.39. The monoisotopic (exact) mass is 418 g/mol. The van der Waals surface area contributed by atoms with E-state index < -0.39 is 10.8 Å². The van der Waals surface area contributed by atoms with Crippen LogP contribution in [0.3, 0.4) is 0 Å². The van der Waals surface area contributed by atoms with Crippen molar-refractivity contribution in [1.29, 1.82) is 0 Å². The van der Waals surface area contributed by atoms with E-state index in [1.165, 1.54) is 30.5 Å². The van der Waals surface area contributed by atoms with Gasteiger partial charge in [-0.2, -0.15) is 5.10 Å². The van der Waals surface area contributed by atoms with Gasteiger partial charge in [-0.15, -0.1) is 0 Å². The average molecular weight is 418 g/mol. The van der Waals surface area contributed by atoms with Gasteiger partial charge in [-0.25, -0.2) is 5.43 Å². The van der Waals surface area contributed by atoms with Crippen molar-refractivity contribution in [2.75, 3.05) is 0 Å². The second-order valence-electron chi connectivity index (χ2n) is 6.97. The summed E-state index contributed by atoms with van der Waals surface area (Å²) in [5, 5.41) is 24.8. The molecule has 0 saturated heterocycles. The van der Waals surface area contributed by atoms with Crippen molar-refractivity contribution < 1.29 is 19.2 Å². The molecule has 2 aromatic heterocycles. The summed E-state index contributed by atoms with van der Waals surface area (Å²) in [6.07, 6.45) is 1.53. The molecule has 0 saturated carbocycles. The average Bonchev–Trinajstić information content (AvgIpc) is 3.29. The van der Waals surface area contributed by atoms with Crippen molar-refractivity contribution in [2.24, 2.45) is 5.10 Å². The number of aryl methyl sites for hydroxylation is 1. The lowest BCUT2D eigenvalue weighted by molar-refractivity contribution is -0.384. The molecule has 2 aromatic carbocycles. The number of hydrogen-bond acceptors (Lipinski definition) is 6. The molecule has 4 rings (SSSR count). The van der Waals surface area contributed by atoms with Crippen LogP contribution in [0.5, 0.6) is 5.75 Å². The summed E-state index contributed by atoms with van der Waals surface area (Å²) in [7, 11) is 0. The number of furan rings is 1. The van der Waals surface area contributed by atoms with Crippen LogP contribution >= 0.6 is 0 Å². The number of hydrazone groups is 1. The van der Waals surface area contributed by atoms with E-state index in [4.69, 9.17) is 4.42 Å². The highest BCUT2D eigenvalue weighted by molar-refractivity contribution is 5.97. The Morgan fingerprint density at radius 3 is 2.61 bits per heavy atom. The second-order valence-corrected chi connectivity index (χ2v) is 6.97. The van der Waals surface area contributed by atoms with E-state index >= 15 is 0 Å². The minimum atomic E-state index is -0.567. The lowest BCUT2D eigenvalue weighted by Gasteiger charge is -2.09. The first kappa shape index (κ1) is 19.9. The Morgan fingerprint density at radius 2 is 1.90 bits per heavy atom. The summed E-state index contributed by atoms with van der Waals surface area (Å²) in [6.45, 7) is 3.87. The second kappa shape index (κ2) is 7.79. The number of rotatable bonds is 5. The Balaban J connectivity index is 1.51. The summed E-state index contributed by atoms with van der Waals surface area (Å²) < 4.78 is 7.46. The first-order valence-electron chi connectivity index (χ1n) is 9.33. The molecule has 0 spiro atoms. The zero-order chi connectivity index (χ0) is 22.1. The van der Waals surface area contributed by atoms with Gasteiger partial charge in [0.15, 0.2) is 5.76 Å². The number of fused-ring (bicyclic) bond motifs is 1. The standard InChI is InChI=1S/C22H18N4O5/c1-13-9-16(14(2)25(13)17-3-6-19(27)7-4-17)12-23-24-22(28)21-11-15-10-18(26(29)30)5-8-20(15)31-21/h3-12,27H,1-2H3,(H,24,28)/b23-12+. The Kier molecular flexibility index (Phi) is 5.00. The zero-order valence-electron chi connectivity index (χ0n) is 16.7. The van der Waals surface area contributed by atoms with Crippen LogP contribution in [0, 0.1) is 24.0 Å². The maximum absolute atomic E-state index is 12.4. The first-order chi connectivity index (χ1) is 14.8. The first-order valence-corrected chi connectivity index (χ1v) is 9.33. The number of nitro benzene ring substituents is 1. The smallest absolute Gasteiger partial charge is 0.307 e. The third-order valence-corrected chi connectivity index (χ3v) is 4.88. The van der Waals surface area contributed by atoms with Gasteiger partial charge < -0.3 is 14.1 Å². The molecule has 0 bridgehead atoms. The Bertz CT molecular complexity index is 1330. The van der Waals surface area contributed by atoms with Crippen LogP contribution in [0.2, 0.25) is 0 Å². The maximum atomic E-state index is 12.4. The molecule has 0 aliphatic rings. The summed E-state index contributed by atoms with van der Waals surface area (Å²) >= 11 is 0. The van der Waals surface area contributed by atoms with Gasteiger partial charge in [-0.1, -0.05) is 0 Å². The van der Waals surface area contributed by atoms with Crippen molar-refractivity contribution in [3.8, 4) is 11.4 Å². The van der Waals surface area contributed by atoms with Gasteiger partial charge in [0, 0.05) is 40.2 Å². The van der Waals surface area contributed by atoms with Gasteiger partial charge >= 0.3 is 5.91 Å². The van der Waals surface area contributed by atoms with Crippen molar-refractivity contribution in [3.05, 3.63) is 87.4 Å². The summed E-state index contributed by atoms with van der Waals surface area (Å²) in [4.78, 5) is 22.7. The van der Waals surface area contributed by atoms with Gasteiger partial charge in [0.2, 0.25) is 0 Å². The van der Waals surface area contributed by atoms with Gasteiger partial charge in [-0.05, 0) is 56.3 Å². The molecular formula is C22H18N4O5. The zero-order valence-corrected chi connectivity index (χ0v) is 16.7. The van der Waals surface area contributed by atoms with Crippen LogP contribution in [-0.4, -0.2) is 26.7 Å². The minimum Gasteiger partial charge on any atom is -0.508 e. The van der Waals surface area contributed by atoms with E-state index in [2.05, 4.69) is 10.5 Å². The van der Waals surface area contributed by atoms with E-state index in [-0.39, 0.29) is 17.2 Å². The van der Waals surface area contributed by atoms with Crippen LogP contribution in [-0.2, 0) is 0 Å². The molecule has 31 heavy (non-hydrogen) atoms. The van der Waals surface area contributed by atoms with E-state index in [9.17, 15) is 20.0 Å². The number of phenols is 1. The van der Waals surface area contributed by atoms with E-state index in [0.29, 0.717) is 11.0 Å². The van der Waals surface area contributed by atoms with Crippen LogP contribution in [0.4, 0.5) is 5.69 Å². The molecule has 9 nitrogen and oxygen atoms in total. The molecule has 0 aliphatic heterocycles. The van der Waals surface area contributed by atoms with Crippen LogP contribution in [0.1, 0.15) is 27.5 Å². The predicted molar refractivity (Wildman–Crippen MR) is 115 cm³/mol. The molecular weight excluding hydrogens is 400 g/mol. The third-order valence-electron chi connectivity index (χ3n) is 4.88. The number of non-ortho nitro benzene ring substituents is 1. The number of benzene rings is 2. The number of nitro groups is 1. The molecule has 4 aromatic rings. The largest absolute Gasteiger partial charge is 0.508 e. The van der Waals surface area contributed by atoms with E-state index in [1.807, 2.05) is 36.6 Å². The fraction of sp³-hybridized carbons (Fsp3) is 0.0909. The molecule has 0 fully saturated rings. The summed E-state index contributed by atoms with van der Waals surface area (Å²) in [5.41, 5.74) is 6.29. The number of nitrogens with zero attached hydrogens (tertiary/aromatic N) is 3. The lowest BCUT2D eigenvalue weighted by Crippen LogP contribution is -2.16. The number of carbonyl (C=O) groups excluding carboxylic acids is 1. The molecule has 0 radical (unpaired) electrons. The summed E-state index contributed by atoms with van der Waals surface area (Å²) in [5.74, 6) is -0.374. The highest BCUT2D eigenvalue weighted by Crippen LogP contribution is 2.24. The Hall–Kier alpha value is -4.40. The van der Waals surface area contributed by atoms with E-state index in [0.717, 1.165) is 22.6 Å².